The molecule has 1 aromatic rings. The minimum absolute atomic E-state index is 0.0504. The van der Waals surface area contributed by atoms with Gasteiger partial charge in [0.15, 0.2) is 0 Å². The summed E-state index contributed by atoms with van der Waals surface area (Å²) < 4.78 is 0. The van der Waals surface area contributed by atoms with E-state index in [1.807, 2.05) is 14.1 Å². The quantitative estimate of drug-likeness (QED) is 0.611. The number of fused-ring (bicyclic) bond motifs is 1. The van der Waals surface area contributed by atoms with Crippen molar-refractivity contribution in [2.45, 2.75) is 6.04 Å². The first-order valence-corrected chi connectivity index (χ1v) is 4.60. The number of hydrogen-bond donors (Lipinski definition) is 1. The summed E-state index contributed by atoms with van der Waals surface area (Å²) in [6, 6.07) is 6.48. The van der Waals surface area contributed by atoms with Gasteiger partial charge in [-0.1, -0.05) is 24.3 Å². The Balaban J connectivity index is 2.54. The molecule has 3 heteroatoms. The first kappa shape index (κ1) is 9.09. The molecule has 2 rings (SSSR count). The van der Waals surface area contributed by atoms with Crippen molar-refractivity contribution in [3.05, 3.63) is 35.4 Å². The lowest BCUT2D eigenvalue weighted by atomic mass is 10.1. The van der Waals surface area contributed by atoms with Crippen LogP contribution in [0.25, 0.3) is 0 Å². The summed E-state index contributed by atoms with van der Waals surface area (Å²) >= 11 is 0. The van der Waals surface area contributed by atoms with E-state index in [4.69, 9.17) is 0 Å². The van der Waals surface area contributed by atoms with Crippen molar-refractivity contribution in [1.82, 2.24) is 0 Å². The van der Waals surface area contributed by atoms with Crippen LogP contribution in [0.15, 0.2) is 24.3 Å². The van der Waals surface area contributed by atoms with E-state index in [2.05, 4.69) is 0 Å². The molecule has 1 aliphatic rings. The van der Waals surface area contributed by atoms with Crippen LogP contribution in [0, 0.1) is 0 Å². The Bertz CT molecular complexity index is 375. The van der Waals surface area contributed by atoms with Crippen molar-refractivity contribution in [1.29, 1.82) is 0 Å². The van der Waals surface area contributed by atoms with E-state index in [-0.39, 0.29) is 11.6 Å². The van der Waals surface area contributed by atoms with E-state index in [0.29, 0.717) is 11.1 Å². The highest BCUT2D eigenvalue weighted by atomic mass is 16.2. The van der Waals surface area contributed by atoms with E-state index in [0.717, 1.165) is 4.90 Å². The summed E-state index contributed by atoms with van der Waals surface area (Å²) in [6.45, 7) is 0. The highest BCUT2D eigenvalue weighted by Crippen LogP contribution is 2.20. The van der Waals surface area contributed by atoms with Crippen LogP contribution in [0.1, 0.15) is 20.7 Å². The van der Waals surface area contributed by atoms with Gasteiger partial charge in [-0.2, -0.15) is 0 Å². The van der Waals surface area contributed by atoms with Gasteiger partial charge in [-0.15, -0.1) is 0 Å². The SMILES string of the molecule is C[NH+](C)C1C(=O)c2ccccc2C1=O. The fourth-order valence-electron chi connectivity index (χ4n) is 1.87. The molecule has 0 amide bonds. The number of likely N-dealkylation sites (N-methyl/N-ethyl adjacent to an activating group) is 1. The van der Waals surface area contributed by atoms with Crippen molar-refractivity contribution >= 4 is 11.6 Å². The van der Waals surface area contributed by atoms with E-state index in [1.54, 1.807) is 24.3 Å². The molecule has 1 aromatic carbocycles. The number of benzene rings is 1. The topological polar surface area (TPSA) is 38.6 Å². The molecule has 0 aliphatic heterocycles. The van der Waals surface area contributed by atoms with Gasteiger partial charge in [0.05, 0.1) is 14.1 Å². The number of Topliss-reactive ketones (excluding diaryl/α,β-unsaturated/α-hetero) is 2. The molecule has 3 nitrogen and oxygen atoms in total. The van der Waals surface area contributed by atoms with Crippen LogP contribution in [0.2, 0.25) is 0 Å². The first-order valence-electron chi connectivity index (χ1n) is 4.60. The predicted molar refractivity (Wildman–Crippen MR) is 51.7 cm³/mol. The Labute approximate surface area is 82.3 Å². The van der Waals surface area contributed by atoms with Crippen molar-refractivity contribution in [2.24, 2.45) is 0 Å². The number of ketones is 2. The Morgan fingerprint density at radius 3 is 1.79 bits per heavy atom. The van der Waals surface area contributed by atoms with E-state index < -0.39 is 6.04 Å². The Kier molecular flexibility index (Phi) is 1.97. The zero-order valence-corrected chi connectivity index (χ0v) is 8.20. The smallest absolute Gasteiger partial charge is 0.228 e. The minimum atomic E-state index is -0.535. The molecule has 14 heavy (non-hydrogen) atoms. The molecule has 0 fully saturated rings. The molecule has 0 spiro atoms. The van der Waals surface area contributed by atoms with Crippen molar-refractivity contribution in [2.75, 3.05) is 14.1 Å². The van der Waals surface area contributed by atoms with Crippen LogP contribution >= 0.6 is 0 Å². The molecule has 0 saturated carbocycles. The van der Waals surface area contributed by atoms with Crippen LogP contribution in [0.3, 0.4) is 0 Å². The predicted octanol–water partition coefficient (Wildman–Crippen LogP) is -0.421. The maximum Gasteiger partial charge on any atom is 0.228 e. The number of carbonyl (C=O) groups is 2. The number of quaternary nitrogens is 1. The number of hydrogen-bond acceptors (Lipinski definition) is 2. The van der Waals surface area contributed by atoms with Gasteiger partial charge in [0.25, 0.3) is 0 Å². The van der Waals surface area contributed by atoms with Crippen molar-refractivity contribution < 1.29 is 14.5 Å². The summed E-state index contributed by atoms with van der Waals surface area (Å²) in [4.78, 5) is 24.5. The first-order chi connectivity index (χ1) is 6.63. The third-order valence-electron chi connectivity index (χ3n) is 2.56. The average Bonchev–Trinajstić information content (AvgIpc) is 2.41. The number of nitrogens with one attached hydrogen (secondary N) is 1. The molecule has 0 saturated heterocycles. The summed E-state index contributed by atoms with van der Waals surface area (Å²) in [5, 5.41) is 0. The normalized spacial score (nSPS) is 16.5. The van der Waals surface area contributed by atoms with Crippen molar-refractivity contribution in [3.63, 3.8) is 0 Å². The van der Waals surface area contributed by atoms with Crippen LogP contribution < -0.4 is 4.90 Å². The monoisotopic (exact) mass is 190 g/mol. The zero-order valence-electron chi connectivity index (χ0n) is 8.20. The van der Waals surface area contributed by atoms with E-state index in [1.165, 1.54) is 0 Å². The lowest BCUT2D eigenvalue weighted by Crippen LogP contribution is -3.12. The average molecular weight is 190 g/mol. The molecule has 72 valence electrons. The summed E-state index contributed by atoms with van der Waals surface area (Å²) in [6.07, 6.45) is 0. The Hall–Kier alpha value is -1.48. The molecular weight excluding hydrogens is 178 g/mol. The van der Waals surface area contributed by atoms with Crippen LogP contribution in [-0.4, -0.2) is 31.7 Å². The van der Waals surface area contributed by atoms with Crippen molar-refractivity contribution in [3.8, 4) is 0 Å². The second-order valence-electron chi connectivity index (χ2n) is 3.78. The largest absolute Gasteiger partial charge is 0.324 e. The van der Waals surface area contributed by atoms with E-state index in [9.17, 15) is 9.59 Å². The Morgan fingerprint density at radius 1 is 1.00 bits per heavy atom. The van der Waals surface area contributed by atoms with Crippen LogP contribution in [0.4, 0.5) is 0 Å². The maximum absolute atomic E-state index is 11.8. The van der Waals surface area contributed by atoms with Gasteiger partial charge in [-0.25, -0.2) is 0 Å². The third kappa shape index (κ3) is 1.09. The zero-order chi connectivity index (χ0) is 10.3. The van der Waals surface area contributed by atoms with Gasteiger partial charge >= 0.3 is 0 Å². The molecule has 0 unspecified atom stereocenters. The van der Waals surface area contributed by atoms with Gasteiger partial charge < -0.3 is 4.90 Å². The summed E-state index contributed by atoms with van der Waals surface area (Å²) in [5.41, 5.74) is 1.15. The lowest BCUT2D eigenvalue weighted by Gasteiger charge is -2.11. The Morgan fingerprint density at radius 2 is 1.43 bits per heavy atom. The van der Waals surface area contributed by atoms with Crippen LogP contribution in [0.5, 0.6) is 0 Å². The second kappa shape index (κ2) is 3.03. The standard InChI is InChI=1S/C11H11NO2/c1-12(2)9-10(13)7-5-3-4-6-8(7)11(9)14/h3-6,9H,1-2H3/p+1. The summed E-state index contributed by atoms with van der Waals surface area (Å²) in [5.74, 6) is -0.101. The lowest BCUT2D eigenvalue weighted by molar-refractivity contribution is -0.864. The minimum Gasteiger partial charge on any atom is -0.324 e. The third-order valence-corrected chi connectivity index (χ3v) is 2.56. The molecule has 0 atom stereocenters. The molecule has 1 aliphatic carbocycles. The molecular formula is C11H12NO2+. The maximum atomic E-state index is 11.8. The highest BCUT2D eigenvalue weighted by molar-refractivity contribution is 6.28. The summed E-state index contributed by atoms with van der Waals surface area (Å²) in [7, 11) is 3.65. The highest BCUT2D eigenvalue weighted by Gasteiger charge is 2.42. The van der Waals surface area contributed by atoms with Gasteiger partial charge in [0, 0.05) is 11.1 Å². The van der Waals surface area contributed by atoms with Crippen LogP contribution in [-0.2, 0) is 0 Å². The number of carbonyl (C=O) groups excluding carboxylic acids is 2. The number of rotatable bonds is 1. The van der Waals surface area contributed by atoms with E-state index >= 15 is 0 Å². The molecule has 0 heterocycles. The molecule has 0 radical (unpaired) electrons. The van der Waals surface area contributed by atoms with Gasteiger partial charge in [-0.3, -0.25) is 9.59 Å². The second-order valence-corrected chi connectivity index (χ2v) is 3.78. The van der Waals surface area contributed by atoms with Gasteiger partial charge in [0.2, 0.25) is 17.6 Å². The molecule has 0 aromatic heterocycles. The van der Waals surface area contributed by atoms with Gasteiger partial charge in [0.1, 0.15) is 0 Å². The fraction of sp³-hybridized carbons (Fsp3) is 0.273. The fourth-order valence-corrected chi connectivity index (χ4v) is 1.87. The molecule has 0 bridgehead atoms. The van der Waals surface area contributed by atoms with Gasteiger partial charge in [-0.05, 0) is 0 Å². The molecule has 1 N–H and O–H groups in total.